The van der Waals surface area contributed by atoms with Gasteiger partial charge in [-0.15, -0.1) is 0 Å². The zero-order chi connectivity index (χ0) is 11.3. The molecule has 0 fully saturated rings. The first kappa shape index (κ1) is 12.2. The predicted molar refractivity (Wildman–Crippen MR) is 63.8 cm³/mol. The standard InChI is InChI=1S/C12H23N3/c1-4-10(13)7-6-8-12-9-11(5-2)14-15(12)3/h9-10H,4-8,13H2,1-3H3. The lowest BCUT2D eigenvalue weighted by molar-refractivity contribution is 0.556. The van der Waals surface area contributed by atoms with Crippen LogP contribution >= 0.6 is 0 Å². The molecule has 0 radical (unpaired) electrons. The lowest BCUT2D eigenvalue weighted by Crippen LogP contribution is -2.18. The Kier molecular flexibility index (Phi) is 4.82. The minimum atomic E-state index is 0.365. The molecule has 1 aromatic rings. The normalized spacial score (nSPS) is 13.1. The van der Waals surface area contributed by atoms with E-state index in [9.17, 15) is 0 Å². The van der Waals surface area contributed by atoms with Gasteiger partial charge in [-0.2, -0.15) is 5.10 Å². The van der Waals surface area contributed by atoms with Gasteiger partial charge in [-0.25, -0.2) is 0 Å². The molecule has 0 saturated carbocycles. The van der Waals surface area contributed by atoms with E-state index in [1.165, 1.54) is 11.4 Å². The topological polar surface area (TPSA) is 43.8 Å². The van der Waals surface area contributed by atoms with Crippen LogP contribution in [0.15, 0.2) is 6.07 Å². The van der Waals surface area contributed by atoms with Crippen LogP contribution < -0.4 is 5.73 Å². The van der Waals surface area contributed by atoms with Crippen molar-refractivity contribution in [2.45, 2.75) is 52.0 Å². The second kappa shape index (κ2) is 5.91. The van der Waals surface area contributed by atoms with Gasteiger partial charge >= 0.3 is 0 Å². The highest BCUT2D eigenvalue weighted by Crippen LogP contribution is 2.09. The van der Waals surface area contributed by atoms with Crippen LogP contribution in [0, 0.1) is 0 Å². The molecule has 0 aliphatic heterocycles. The van der Waals surface area contributed by atoms with Gasteiger partial charge in [0.1, 0.15) is 0 Å². The number of hydrogen-bond donors (Lipinski definition) is 1. The maximum Gasteiger partial charge on any atom is 0.0624 e. The Morgan fingerprint density at radius 1 is 1.47 bits per heavy atom. The molecule has 0 spiro atoms. The number of rotatable bonds is 6. The molecule has 1 aromatic heterocycles. The van der Waals surface area contributed by atoms with Crippen LogP contribution in [0.25, 0.3) is 0 Å². The highest BCUT2D eigenvalue weighted by atomic mass is 15.3. The largest absolute Gasteiger partial charge is 0.328 e. The fourth-order valence-electron chi connectivity index (χ4n) is 1.73. The van der Waals surface area contributed by atoms with Crippen molar-refractivity contribution in [2.24, 2.45) is 12.8 Å². The third-order valence-corrected chi connectivity index (χ3v) is 2.92. The van der Waals surface area contributed by atoms with Gasteiger partial charge in [0.15, 0.2) is 0 Å². The fraction of sp³-hybridized carbons (Fsp3) is 0.750. The van der Waals surface area contributed by atoms with E-state index in [0.29, 0.717) is 6.04 Å². The fourth-order valence-corrected chi connectivity index (χ4v) is 1.73. The van der Waals surface area contributed by atoms with Gasteiger partial charge in [0.05, 0.1) is 5.69 Å². The molecule has 3 heteroatoms. The summed E-state index contributed by atoms with van der Waals surface area (Å²) in [6.07, 6.45) is 5.46. The van der Waals surface area contributed by atoms with Gasteiger partial charge in [0.25, 0.3) is 0 Å². The summed E-state index contributed by atoms with van der Waals surface area (Å²) in [6.45, 7) is 4.28. The van der Waals surface area contributed by atoms with Crippen molar-refractivity contribution in [2.75, 3.05) is 0 Å². The lowest BCUT2D eigenvalue weighted by atomic mass is 10.1. The van der Waals surface area contributed by atoms with E-state index >= 15 is 0 Å². The predicted octanol–water partition coefficient (Wildman–Crippen LogP) is 2.04. The van der Waals surface area contributed by atoms with Crippen LogP contribution in [0.3, 0.4) is 0 Å². The SMILES string of the molecule is CCc1cc(CCCC(N)CC)n(C)n1. The Hall–Kier alpha value is -0.830. The van der Waals surface area contributed by atoms with Gasteiger partial charge in [-0.1, -0.05) is 13.8 Å². The molecule has 2 N–H and O–H groups in total. The molecule has 1 atom stereocenters. The number of aryl methyl sites for hydroxylation is 3. The van der Waals surface area contributed by atoms with Gasteiger partial charge in [0.2, 0.25) is 0 Å². The summed E-state index contributed by atoms with van der Waals surface area (Å²) in [5.41, 5.74) is 8.40. The van der Waals surface area contributed by atoms with Crippen molar-refractivity contribution < 1.29 is 0 Å². The second-order valence-corrected chi connectivity index (χ2v) is 4.16. The summed E-state index contributed by atoms with van der Waals surface area (Å²) in [5, 5.41) is 4.43. The Labute approximate surface area is 92.7 Å². The minimum absolute atomic E-state index is 0.365. The van der Waals surface area contributed by atoms with E-state index in [4.69, 9.17) is 5.73 Å². The first-order valence-corrected chi connectivity index (χ1v) is 5.94. The average molecular weight is 209 g/mol. The van der Waals surface area contributed by atoms with Crippen molar-refractivity contribution in [3.05, 3.63) is 17.5 Å². The highest BCUT2D eigenvalue weighted by molar-refractivity contribution is 5.10. The molecule has 0 saturated heterocycles. The molecule has 3 nitrogen and oxygen atoms in total. The second-order valence-electron chi connectivity index (χ2n) is 4.16. The summed E-state index contributed by atoms with van der Waals surface area (Å²) >= 11 is 0. The summed E-state index contributed by atoms with van der Waals surface area (Å²) < 4.78 is 2.00. The first-order chi connectivity index (χ1) is 7.17. The van der Waals surface area contributed by atoms with Gasteiger partial charge in [-0.3, -0.25) is 4.68 Å². The minimum Gasteiger partial charge on any atom is -0.328 e. The quantitative estimate of drug-likeness (QED) is 0.779. The number of hydrogen-bond acceptors (Lipinski definition) is 2. The molecule has 0 amide bonds. The zero-order valence-electron chi connectivity index (χ0n) is 10.2. The smallest absolute Gasteiger partial charge is 0.0624 e. The molecule has 1 heterocycles. The summed E-state index contributed by atoms with van der Waals surface area (Å²) in [7, 11) is 2.02. The van der Waals surface area contributed by atoms with Crippen LogP contribution in [-0.4, -0.2) is 15.8 Å². The molecule has 1 unspecified atom stereocenters. The van der Waals surface area contributed by atoms with E-state index in [1.54, 1.807) is 0 Å². The maximum atomic E-state index is 5.88. The maximum absolute atomic E-state index is 5.88. The molecule has 0 aromatic carbocycles. The van der Waals surface area contributed by atoms with E-state index in [0.717, 1.165) is 32.1 Å². The number of aromatic nitrogens is 2. The molecule has 86 valence electrons. The molecule has 1 rings (SSSR count). The third kappa shape index (κ3) is 3.67. The number of nitrogens with two attached hydrogens (primary N) is 1. The Morgan fingerprint density at radius 3 is 2.73 bits per heavy atom. The van der Waals surface area contributed by atoms with Crippen LogP contribution in [0.1, 0.15) is 44.5 Å². The van der Waals surface area contributed by atoms with Crippen LogP contribution in [-0.2, 0) is 19.9 Å². The van der Waals surface area contributed by atoms with E-state index in [-0.39, 0.29) is 0 Å². The molecular weight excluding hydrogens is 186 g/mol. The van der Waals surface area contributed by atoms with E-state index in [2.05, 4.69) is 25.0 Å². The van der Waals surface area contributed by atoms with Crippen molar-refractivity contribution in [1.29, 1.82) is 0 Å². The molecule has 15 heavy (non-hydrogen) atoms. The third-order valence-electron chi connectivity index (χ3n) is 2.92. The van der Waals surface area contributed by atoms with Crippen LogP contribution in [0.4, 0.5) is 0 Å². The van der Waals surface area contributed by atoms with Crippen molar-refractivity contribution in [1.82, 2.24) is 9.78 Å². The van der Waals surface area contributed by atoms with Crippen molar-refractivity contribution in [3.63, 3.8) is 0 Å². The Morgan fingerprint density at radius 2 is 2.20 bits per heavy atom. The molecule has 0 bridgehead atoms. The van der Waals surface area contributed by atoms with Crippen molar-refractivity contribution >= 4 is 0 Å². The van der Waals surface area contributed by atoms with Gasteiger partial charge in [0, 0.05) is 18.8 Å². The van der Waals surface area contributed by atoms with Crippen LogP contribution in [0.5, 0.6) is 0 Å². The van der Waals surface area contributed by atoms with Gasteiger partial charge in [-0.05, 0) is 38.2 Å². The molecular formula is C12H23N3. The monoisotopic (exact) mass is 209 g/mol. The van der Waals surface area contributed by atoms with Crippen LogP contribution in [0.2, 0.25) is 0 Å². The summed E-state index contributed by atoms with van der Waals surface area (Å²) in [4.78, 5) is 0. The Balaban J connectivity index is 2.40. The summed E-state index contributed by atoms with van der Waals surface area (Å²) in [6, 6.07) is 2.57. The highest BCUT2D eigenvalue weighted by Gasteiger charge is 2.04. The first-order valence-electron chi connectivity index (χ1n) is 5.94. The average Bonchev–Trinajstić information content (AvgIpc) is 2.59. The zero-order valence-corrected chi connectivity index (χ0v) is 10.2. The Bertz CT molecular complexity index is 291. The van der Waals surface area contributed by atoms with Gasteiger partial charge < -0.3 is 5.73 Å². The summed E-state index contributed by atoms with van der Waals surface area (Å²) in [5.74, 6) is 0. The molecule has 0 aliphatic carbocycles. The molecule has 0 aliphatic rings. The lowest BCUT2D eigenvalue weighted by Gasteiger charge is -2.07. The van der Waals surface area contributed by atoms with Crippen molar-refractivity contribution in [3.8, 4) is 0 Å². The van der Waals surface area contributed by atoms with E-state index < -0.39 is 0 Å². The van der Waals surface area contributed by atoms with E-state index in [1.807, 2.05) is 11.7 Å². The number of nitrogens with zero attached hydrogens (tertiary/aromatic N) is 2.